The number of carbonyl (C=O) groups is 2. The van der Waals surface area contributed by atoms with Gasteiger partial charge in [-0.1, -0.05) is 27.2 Å². The molecule has 2 unspecified atom stereocenters. The Balaban J connectivity index is 0.000000460. The highest BCUT2D eigenvalue weighted by molar-refractivity contribution is 5.77. The van der Waals surface area contributed by atoms with Crippen molar-refractivity contribution >= 4 is 11.8 Å². The summed E-state index contributed by atoms with van der Waals surface area (Å²) in [5, 5.41) is 15.1. The molecule has 160 valence electrons. The van der Waals surface area contributed by atoms with E-state index in [4.69, 9.17) is 5.11 Å². The Kier molecular flexibility index (Phi) is 17.8. The smallest absolute Gasteiger partial charge is 0.303 e. The number of rotatable bonds is 10. The Bertz CT molecular complexity index is 363. The van der Waals surface area contributed by atoms with Crippen molar-refractivity contribution in [3.8, 4) is 0 Å². The molecule has 2 atom stereocenters. The first kappa shape index (κ1) is 26.1. The first-order valence-electron chi connectivity index (χ1n) is 11.3. The van der Waals surface area contributed by atoms with Crippen LogP contribution in [-0.2, 0) is 9.59 Å². The van der Waals surface area contributed by atoms with Gasteiger partial charge in [-0.3, -0.25) is 9.59 Å². The van der Waals surface area contributed by atoms with Gasteiger partial charge in [-0.05, 0) is 83.0 Å². The Morgan fingerprint density at radius 1 is 0.889 bits per heavy atom. The minimum atomic E-state index is -0.667. The average molecular weight is 385 g/mol. The number of carboxylic acids is 1. The topological polar surface area (TPSA) is 78.4 Å². The number of nitrogens with one attached hydrogen (secondary N) is 2. The minimum absolute atomic E-state index is 0.333. The maximum atomic E-state index is 11.0. The van der Waals surface area contributed by atoms with Crippen molar-refractivity contribution in [2.45, 2.75) is 91.4 Å². The van der Waals surface area contributed by atoms with Crippen molar-refractivity contribution in [1.29, 1.82) is 0 Å². The normalized spacial score (nSPS) is 21.4. The molecule has 0 aromatic carbocycles. The molecule has 0 radical (unpaired) electrons. The third-order valence-electron chi connectivity index (χ3n) is 5.28. The summed E-state index contributed by atoms with van der Waals surface area (Å²) in [4.78, 5) is 21.2. The molecule has 2 fully saturated rings. The molecule has 2 aliphatic rings. The fourth-order valence-electron chi connectivity index (χ4n) is 3.61. The molecule has 0 spiro atoms. The van der Waals surface area contributed by atoms with Crippen molar-refractivity contribution < 1.29 is 14.7 Å². The summed E-state index contributed by atoms with van der Waals surface area (Å²) < 4.78 is 0. The second kappa shape index (κ2) is 18.4. The second-order valence-electron chi connectivity index (χ2n) is 7.50. The number of hydrogen-bond acceptors (Lipinski definition) is 4. The van der Waals surface area contributed by atoms with Crippen LogP contribution in [0.3, 0.4) is 0 Å². The number of hydrogen-bond donors (Lipinski definition) is 3. The first-order valence-corrected chi connectivity index (χ1v) is 11.3. The van der Waals surface area contributed by atoms with Crippen molar-refractivity contribution in [2.24, 2.45) is 11.8 Å². The molecule has 5 nitrogen and oxygen atoms in total. The van der Waals surface area contributed by atoms with Crippen LogP contribution in [0.5, 0.6) is 0 Å². The highest BCUT2D eigenvalue weighted by Gasteiger charge is 2.13. The van der Waals surface area contributed by atoms with Crippen LogP contribution in [0.15, 0.2) is 0 Å². The van der Waals surface area contributed by atoms with Crippen molar-refractivity contribution in [3.05, 3.63) is 0 Å². The lowest BCUT2D eigenvalue weighted by atomic mass is 9.93. The molecule has 2 rings (SSSR count). The number of ketones is 1. The average Bonchev–Trinajstić information content (AvgIpc) is 3.21. The fraction of sp³-hybridized carbons (Fsp3) is 0.909. The summed E-state index contributed by atoms with van der Waals surface area (Å²) in [6.45, 7) is 10.6. The zero-order valence-corrected chi connectivity index (χ0v) is 18.0. The Morgan fingerprint density at radius 2 is 1.52 bits per heavy atom. The predicted molar refractivity (Wildman–Crippen MR) is 113 cm³/mol. The largest absolute Gasteiger partial charge is 0.481 e. The maximum absolute atomic E-state index is 11.0. The number of unbranched alkanes of at least 4 members (excludes halogenated alkanes) is 1. The zero-order valence-electron chi connectivity index (χ0n) is 18.0. The minimum Gasteiger partial charge on any atom is -0.481 e. The van der Waals surface area contributed by atoms with E-state index in [2.05, 4.69) is 10.6 Å². The lowest BCUT2D eigenvalue weighted by Gasteiger charge is -2.22. The summed E-state index contributed by atoms with van der Waals surface area (Å²) >= 11 is 0. The number of Topliss-reactive ketones (excluding diaryl/α,β-unsaturated/α-hetero) is 1. The van der Waals surface area contributed by atoms with E-state index < -0.39 is 5.97 Å². The molecular weight excluding hydrogens is 340 g/mol. The molecule has 0 bridgehead atoms. The molecule has 27 heavy (non-hydrogen) atoms. The molecular formula is C22H44N2O3. The van der Waals surface area contributed by atoms with Gasteiger partial charge in [0.05, 0.1) is 0 Å². The Morgan fingerprint density at radius 3 is 2.07 bits per heavy atom. The van der Waals surface area contributed by atoms with E-state index in [1.807, 2.05) is 20.8 Å². The van der Waals surface area contributed by atoms with Gasteiger partial charge >= 0.3 is 5.97 Å². The highest BCUT2D eigenvalue weighted by Crippen LogP contribution is 2.17. The molecule has 3 N–H and O–H groups in total. The molecule has 2 aliphatic heterocycles. The van der Waals surface area contributed by atoms with E-state index in [0.717, 1.165) is 50.6 Å². The third-order valence-corrected chi connectivity index (χ3v) is 5.28. The van der Waals surface area contributed by atoms with E-state index in [9.17, 15) is 9.59 Å². The third kappa shape index (κ3) is 15.8. The quantitative estimate of drug-likeness (QED) is 0.487. The van der Waals surface area contributed by atoms with E-state index in [-0.39, 0.29) is 0 Å². The monoisotopic (exact) mass is 384 g/mol. The number of piperidine rings is 1. The summed E-state index contributed by atoms with van der Waals surface area (Å²) in [5.41, 5.74) is 0. The van der Waals surface area contributed by atoms with Crippen LogP contribution in [0.1, 0.15) is 91.4 Å². The molecule has 5 heteroatoms. The van der Waals surface area contributed by atoms with Gasteiger partial charge in [-0.25, -0.2) is 0 Å². The lowest BCUT2D eigenvalue weighted by molar-refractivity contribution is -0.137. The Hall–Kier alpha value is -0.940. The predicted octanol–water partition coefficient (Wildman–Crippen LogP) is 4.40. The van der Waals surface area contributed by atoms with Crippen LogP contribution < -0.4 is 10.6 Å². The van der Waals surface area contributed by atoms with Gasteiger partial charge in [0.15, 0.2) is 0 Å². The van der Waals surface area contributed by atoms with Gasteiger partial charge < -0.3 is 15.7 Å². The summed E-state index contributed by atoms with van der Waals surface area (Å²) in [5.74, 6) is 1.39. The van der Waals surface area contributed by atoms with Gasteiger partial charge in [0.2, 0.25) is 0 Å². The van der Waals surface area contributed by atoms with Crippen LogP contribution in [0.4, 0.5) is 0 Å². The second-order valence-corrected chi connectivity index (χ2v) is 7.50. The van der Waals surface area contributed by atoms with E-state index in [1.165, 1.54) is 45.2 Å². The summed E-state index contributed by atoms with van der Waals surface area (Å²) in [6.07, 6.45) is 11.2. The summed E-state index contributed by atoms with van der Waals surface area (Å²) in [7, 11) is 0. The van der Waals surface area contributed by atoms with E-state index in [0.29, 0.717) is 18.6 Å². The SMILES string of the molecule is CC.CCC(=O)CCCC1CCCNC1.O=C(O)CCCCC1CCNC1. The Labute approximate surface area is 167 Å². The van der Waals surface area contributed by atoms with E-state index in [1.54, 1.807) is 0 Å². The van der Waals surface area contributed by atoms with E-state index >= 15 is 0 Å². The molecule has 0 aromatic heterocycles. The molecule has 0 aliphatic carbocycles. The van der Waals surface area contributed by atoms with Crippen LogP contribution in [0.2, 0.25) is 0 Å². The molecule has 0 aromatic rings. The molecule has 0 saturated carbocycles. The number of carbonyl (C=O) groups excluding carboxylic acids is 1. The van der Waals surface area contributed by atoms with Gasteiger partial charge in [0.1, 0.15) is 5.78 Å². The van der Waals surface area contributed by atoms with Crippen molar-refractivity contribution in [2.75, 3.05) is 26.2 Å². The van der Waals surface area contributed by atoms with Crippen LogP contribution in [0.25, 0.3) is 0 Å². The fourth-order valence-corrected chi connectivity index (χ4v) is 3.61. The lowest BCUT2D eigenvalue weighted by Crippen LogP contribution is -2.29. The first-order chi connectivity index (χ1) is 13.1. The molecule has 2 heterocycles. The summed E-state index contributed by atoms with van der Waals surface area (Å²) in [6, 6.07) is 0. The van der Waals surface area contributed by atoms with Crippen molar-refractivity contribution in [3.63, 3.8) is 0 Å². The number of carboxylic acid groups (broad SMARTS) is 1. The molecule has 0 amide bonds. The van der Waals surface area contributed by atoms with Crippen LogP contribution >= 0.6 is 0 Å². The van der Waals surface area contributed by atoms with Crippen LogP contribution in [-0.4, -0.2) is 43.0 Å². The van der Waals surface area contributed by atoms with Gasteiger partial charge in [0.25, 0.3) is 0 Å². The highest BCUT2D eigenvalue weighted by atomic mass is 16.4. The number of aliphatic carboxylic acids is 1. The van der Waals surface area contributed by atoms with Crippen molar-refractivity contribution in [1.82, 2.24) is 10.6 Å². The molecule has 2 saturated heterocycles. The van der Waals surface area contributed by atoms with Crippen LogP contribution in [0, 0.1) is 11.8 Å². The standard InChI is InChI=1S/C11H21NO.C9H17NO2.C2H6/c1-2-11(13)7-3-5-10-6-4-8-12-9-10;11-9(12)4-2-1-3-8-5-6-10-7-8;1-2/h10,12H,2-9H2,1H3;8,10H,1-7H2,(H,11,12);1-2H3. The van der Waals surface area contributed by atoms with Gasteiger partial charge in [-0.15, -0.1) is 0 Å². The maximum Gasteiger partial charge on any atom is 0.303 e. The van der Waals surface area contributed by atoms with Gasteiger partial charge in [-0.2, -0.15) is 0 Å². The zero-order chi connectivity index (χ0) is 20.3. The van der Waals surface area contributed by atoms with Gasteiger partial charge in [0, 0.05) is 19.3 Å².